The van der Waals surface area contributed by atoms with E-state index in [4.69, 9.17) is 11.6 Å². The van der Waals surface area contributed by atoms with Crippen LogP contribution in [0.2, 0.25) is 5.02 Å². The Morgan fingerprint density at radius 3 is 1.92 bits per heavy atom. The van der Waals surface area contributed by atoms with Crippen LogP contribution >= 0.6 is 11.6 Å². The van der Waals surface area contributed by atoms with E-state index >= 15 is 0 Å². The van der Waals surface area contributed by atoms with Crippen molar-refractivity contribution >= 4 is 33.2 Å². The molecular weight excluding hydrogens is 492 g/mol. The monoisotopic (exact) mass is 518 g/mol. The second-order valence-corrected chi connectivity index (χ2v) is 10.9. The first kappa shape index (κ1) is 25.5. The van der Waals surface area contributed by atoms with Gasteiger partial charge >= 0.3 is 0 Å². The van der Waals surface area contributed by atoms with E-state index in [0.717, 1.165) is 26.6 Å². The normalized spacial score (nSPS) is 12.1. The third-order valence-corrected chi connectivity index (χ3v) is 7.96. The molecule has 0 unspecified atom stereocenters. The van der Waals surface area contributed by atoms with Crippen LogP contribution in [0.3, 0.4) is 0 Å². The van der Waals surface area contributed by atoms with E-state index in [2.05, 4.69) is 5.32 Å². The fourth-order valence-corrected chi connectivity index (χ4v) is 5.62. The van der Waals surface area contributed by atoms with Gasteiger partial charge in [-0.25, -0.2) is 8.42 Å². The molecule has 0 aromatic heterocycles. The summed E-state index contributed by atoms with van der Waals surface area (Å²) >= 11 is 6.40. The Bertz CT molecular complexity index is 1440. The number of anilines is 1. The highest BCUT2D eigenvalue weighted by atomic mass is 35.5. The molecule has 0 saturated carbocycles. The first-order valence-electron chi connectivity index (χ1n) is 11.5. The van der Waals surface area contributed by atoms with Gasteiger partial charge in [0.2, 0.25) is 5.91 Å². The number of sulfonamides is 1. The zero-order valence-electron chi connectivity index (χ0n) is 20.1. The van der Waals surface area contributed by atoms with Crippen molar-refractivity contribution in [3.05, 3.63) is 130 Å². The highest BCUT2D eigenvalue weighted by Gasteiger charge is 2.29. The highest BCUT2D eigenvalue weighted by molar-refractivity contribution is 7.92. The van der Waals surface area contributed by atoms with Gasteiger partial charge in [0.25, 0.3) is 10.0 Å². The maximum atomic E-state index is 13.7. The Kier molecular flexibility index (Phi) is 7.77. The van der Waals surface area contributed by atoms with Gasteiger partial charge in [-0.2, -0.15) is 0 Å². The topological polar surface area (TPSA) is 66.5 Å². The second-order valence-electron chi connectivity index (χ2n) is 8.60. The smallest absolute Gasteiger partial charge is 0.264 e. The molecule has 1 N–H and O–H groups in total. The van der Waals surface area contributed by atoms with Gasteiger partial charge in [0, 0.05) is 0 Å². The zero-order chi connectivity index (χ0) is 25.7. The van der Waals surface area contributed by atoms with Gasteiger partial charge in [-0.1, -0.05) is 102 Å². The first-order chi connectivity index (χ1) is 17.3. The Morgan fingerprint density at radius 2 is 1.31 bits per heavy atom. The van der Waals surface area contributed by atoms with Crippen LogP contribution in [0.15, 0.2) is 108 Å². The van der Waals surface area contributed by atoms with Crippen molar-refractivity contribution in [1.29, 1.82) is 0 Å². The van der Waals surface area contributed by atoms with Crippen molar-refractivity contribution in [2.75, 3.05) is 10.8 Å². The van der Waals surface area contributed by atoms with E-state index < -0.39 is 28.5 Å². The summed E-state index contributed by atoms with van der Waals surface area (Å²) in [6.45, 7) is 3.44. The van der Waals surface area contributed by atoms with Crippen molar-refractivity contribution in [2.45, 2.75) is 24.8 Å². The summed E-state index contributed by atoms with van der Waals surface area (Å²) in [6.07, 6.45) is 0. The molecule has 36 heavy (non-hydrogen) atoms. The molecule has 0 spiro atoms. The van der Waals surface area contributed by atoms with E-state index in [1.165, 1.54) is 12.1 Å². The number of amides is 1. The third kappa shape index (κ3) is 5.78. The molecule has 0 aliphatic carbocycles. The van der Waals surface area contributed by atoms with Crippen LogP contribution in [-0.2, 0) is 14.8 Å². The van der Waals surface area contributed by atoms with Crippen LogP contribution in [0, 0.1) is 13.8 Å². The second kappa shape index (κ2) is 11.0. The molecule has 4 aromatic carbocycles. The minimum atomic E-state index is -4.07. The highest BCUT2D eigenvalue weighted by Crippen LogP contribution is 2.31. The van der Waals surface area contributed by atoms with E-state index in [9.17, 15) is 13.2 Å². The summed E-state index contributed by atoms with van der Waals surface area (Å²) in [6, 6.07) is 30.1. The predicted molar refractivity (Wildman–Crippen MR) is 145 cm³/mol. The van der Waals surface area contributed by atoms with Crippen LogP contribution in [0.1, 0.15) is 28.3 Å². The van der Waals surface area contributed by atoms with Crippen molar-refractivity contribution in [3.63, 3.8) is 0 Å². The number of nitrogens with one attached hydrogen (secondary N) is 1. The van der Waals surface area contributed by atoms with Crippen molar-refractivity contribution in [1.82, 2.24) is 5.32 Å². The maximum absolute atomic E-state index is 13.7. The van der Waals surface area contributed by atoms with Gasteiger partial charge in [0.05, 0.1) is 21.6 Å². The van der Waals surface area contributed by atoms with Crippen LogP contribution in [0.4, 0.5) is 5.69 Å². The van der Waals surface area contributed by atoms with Crippen LogP contribution < -0.4 is 9.62 Å². The number of halogens is 1. The van der Waals surface area contributed by atoms with Gasteiger partial charge in [-0.3, -0.25) is 9.10 Å². The Hall–Kier alpha value is -3.61. The van der Waals surface area contributed by atoms with E-state index in [1.807, 2.05) is 68.4 Å². The molecule has 4 rings (SSSR count). The molecule has 0 saturated heterocycles. The molecule has 0 radical (unpaired) electrons. The lowest BCUT2D eigenvalue weighted by molar-refractivity contribution is -0.120. The molecule has 1 amide bonds. The molecular formula is C29H27ClN2O3S. The number of nitrogens with zero attached hydrogens (tertiary/aromatic N) is 1. The lowest BCUT2D eigenvalue weighted by Gasteiger charge is -2.27. The quantitative estimate of drug-likeness (QED) is 0.308. The van der Waals surface area contributed by atoms with Gasteiger partial charge in [-0.05, 0) is 49.2 Å². The lowest BCUT2D eigenvalue weighted by Crippen LogP contribution is -2.42. The van der Waals surface area contributed by atoms with Crippen molar-refractivity contribution in [2.24, 2.45) is 0 Å². The standard InChI is InChI=1S/C29H27ClN2O3S/c1-21-12-16-24(17-13-21)29(23-8-4-3-5-9-23)31-28(33)20-32(27-11-7-6-10-26(27)30)36(34,35)25-18-14-22(2)15-19-25/h3-19,29H,20H2,1-2H3,(H,31,33)/t29-/m0/s1. The van der Waals surface area contributed by atoms with Gasteiger partial charge in [-0.15, -0.1) is 0 Å². The Morgan fingerprint density at radius 1 is 0.778 bits per heavy atom. The van der Waals surface area contributed by atoms with Gasteiger partial charge < -0.3 is 5.32 Å². The fourth-order valence-electron chi connectivity index (χ4n) is 3.89. The van der Waals surface area contributed by atoms with E-state index in [1.54, 1.807) is 36.4 Å². The number of hydrogen-bond donors (Lipinski definition) is 1. The fraction of sp³-hybridized carbons (Fsp3) is 0.138. The number of carbonyl (C=O) groups is 1. The average Bonchev–Trinajstić information content (AvgIpc) is 2.88. The maximum Gasteiger partial charge on any atom is 0.264 e. The summed E-state index contributed by atoms with van der Waals surface area (Å²) in [4.78, 5) is 13.5. The zero-order valence-corrected chi connectivity index (χ0v) is 21.6. The summed E-state index contributed by atoms with van der Waals surface area (Å²) < 4.78 is 28.4. The number of para-hydroxylation sites is 1. The van der Waals surface area contributed by atoms with Crippen LogP contribution in [0.25, 0.3) is 0 Å². The number of benzene rings is 4. The molecule has 5 nitrogen and oxygen atoms in total. The van der Waals surface area contributed by atoms with E-state index in [-0.39, 0.29) is 15.6 Å². The largest absolute Gasteiger partial charge is 0.344 e. The molecule has 0 aliphatic rings. The minimum Gasteiger partial charge on any atom is -0.344 e. The summed E-state index contributed by atoms with van der Waals surface area (Å²) in [5, 5.41) is 3.27. The number of carbonyl (C=O) groups excluding carboxylic acids is 1. The number of hydrogen-bond acceptors (Lipinski definition) is 3. The van der Waals surface area contributed by atoms with Gasteiger partial charge in [0.15, 0.2) is 0 Å². The Labute approximate surface area is 217 Å². The summed E-state index contributed by atoms with van der Waals surface area (Å²) in [5.41, 5.74) is 4.05. The summed E-state index contributed by atoms with van der Waals surface area (Å²) in [7, 11) is -4.07. The first-order valence-corrected chi connectivity index (χ1v) is 13.3. The molecule has 7 heteroatoms. The number of aryl methyl sites for hydroxylation is 2. The molecule has 0 aliphatic heterocycles. The Balaban J connectivity index is 1.69. The number of rotatable bonds is 8. The minimum absolute atomic E-state index is 0.0824. The van der Waals surface area contributed by atoms with Gasteiger partial charge in [0.1, 0.15) is 6.54 Å². The lowest BCUT2D eigenvalue weighted by atomic mass is 9.98. The molecule has 1 atom stereocenters. The molecule has 0 heterocycles. The summed E-state index contributed by atoms with van der Waals surface area (Å²) in [5.74, 6) is -0.458. The molecule has 4 aromatic rings. The third-order valence-electron chi connectivity index (χ3n) is 5.87. The van der Waals surface area contributed by atoms with Crippen LogP contribution in [0.5, 0.6) is 0 Å². The van der Waals surface area contributed by atoms with Crippen molar-refractivity contribution in [3.8, 4) is 0 Å². The average molecular weight is 519 g/mol. The molecule has 184 valence electrons. The van der Waals surface area contributed by atoms with Crippen molar-refractivity contribution < 1.29 is 13.2 Å². The molecule has 0 bridgehead atoms. The van der Waals surface area contributed by atoms with E-state index in [0.29, 0.717) is 0 Å². The SMILES string of the molecule is Cc1ccc([C@@H](NC(=O)CN(c2ccccc2Cl)S(=O)(=O)c2ccc(C)cc2)c2ccccc2)cc1. The van der Waals surface area contributed by atoms with Crippen LogP contribution in [-0.4, -0.2) is 20.9 Å². The molecule has 0 fully saturated rings. The predicted octanol–water partition coefficient (Wildman–Crippen LogP) is 6.06.